The number of rotatable bonds is 4. The zero-order valence-electron chi connectivity index (χ0n) is 12.3. The molecule has 1 atom stereocenters. The SMILES string of the molecule is CCCNC(=O)c1nnn2c1CO[C@@H](c1ccc(Br)cc1)C2. The van der Waals surface area contributed by atoms with Gasteiger partial charge >= 0.3 is 0 Å². The number of carbonyl (C=O) groups is 1. The van der Waals surface area contributed by atoms with Gasteiger partial charge in [0.2, 0.25) is 0 Å². The zero-order chi connectivity index (χ0) is 15.5. The molecule has 0 saturated heterocycles. The molecular weight excluding hydrogens is 348 g/mol. The van der Waals surface area contributed by atoms with Crippen molar-refractivity contribution in [2.45, 2.75) is 32.6 Å². The Labute approximate surface area is 137 Å². The number of hydrogen-bond acceptors (Lipinski definition) is 4. The summed E-state index contributed by atoms with van der Waals surface area (Å²) in [5.74, 6) is -0.186. The molecule has 0 radical (unpaired) electrons. The highest BCUT2D eigenvalue weighted by Crippen LogP contribution is 2.27. The standard InChI is InChI=1S/C15H17BrN4O2/c1-2-7-17-15(21)14-12-9-22-13(8-20(12)19-18-14)10-3-5-11(16)6-4-10/h3-6,13H,2,7-9H2,1H3,(H,17,21)/t13-/m1/s1. The van der Waals surface area contributed by atoms with Gasteiger partial charge in [-0.25, -0.2) is 4.68 Å². The Hall–Kier alpha value is -1.73. The maximum atomic E-state index is 12.0. The topological polar surface area (TPSA) is 69.0 Å². The molecule has 0 spiro atoms. The van der Waals surface area contributed by atoms with Gasteiger partial charge in [-0.1, -0.05) is 40.2 Å². The van der Waals surface area contributed by atoms with Gasteiger partial charge in [0.05, 0.1) is 18.8 Å². The monoisotopic (exact) mass is 364 g/mol. The zero-order valence-corrected chi connectivity index (χ0v) is 13.8. The van der Waals surface area contributed by atoms with E-state index in [0.717, 1.165) is 22.2 Å². The lowest BCUT2D eigenvalue weighted by atomic mass is 10.1. The van der Waals surface area contributed by atoms with Gasteiger partial charge in [-0.05, 0) is 24.1 Å². The van der Waals surface area contributed by atoms with Crippen LogP contribution < -0.4 is 5.32 Å². The average molecular weight is 365 g/mol. The smallest absolute Gasteiger partial charge is 0.273 e. The van der Waals surface area contributed by atoms with Crippen LogP contribution >= 0.6 is 15.9 Å². The minimum absolute atomic E-state index is 0.0751. The normalized spacial score (nSPS) is 17.1. The quantitative estimate of drug-likeness (QED) is 0.904. The third-order valence-corrected chi connectivity index (χ3v) is 4.12. The Bertz CT molecular complexity index is 669. The highest BCUT2D eigenvalue weighted by Gasteiger charge is 2.27. The van der Waals surface area contributed by atoms with Gasteiger partial charge < -0.3 is 10.1 Å². The van der Waals surface area contributed by atoms with E-state index in [2.05, 4.69) is 31.6 Å². The van der Waals surface area contributed by atoms with Crippen LogP contribution in [0.5, 0.6) is 0 Å². The van der Waals surface area contributed by atoms with Crippen LogP contribution in [-0.4, -0.2) is 27.4 Å². The average Bonchev–Trinajstić information content (AvgIpc) is 2.96. The summed E-state index contributed by atoms with van der Waals surface area (Å²) < 4.78 is 8.68. The number of hydrogen-bond donors (Lipinski definition) is 1. The molecule has 0 saturated carbocycles. The number of nitrogens with zero attached hydrogens (tertiary/aromatic N) is 3. The van der Waals surface area contributed by atoms with Gasteiger partial charge in [0.1, 0.15) is 6.10 Å². The molecular formula is C15H17BrN4O2. The Morgan fingerprint density at radius 2 is 2.23 bits per heavy atom. The van der Waals surface area contributed by atoms with Crippen molar-refractivity contribution in [3.63, 3.8) is 0 Å². The fraction of sp³-hybridized carbons (Fsp3) is 0.400. The predicted octanol–water partition coefficient (Wildman–Crippen LogP) is 2.45. The molecule has 3 rings (SSSR count). The van der Waals surface area contributed by atoms with Crippen molar-refractivity contribution in [1.29, 1.82) is 0 Å². The van der Waals surface area contributed by atoms with Crippen molar-refractivity contribution in [3.05, 3.63) is 45.7 Å². The van der Waals surface area contributed by atoms with Crippen molar-refractivity contribution in [2.75, 3.05) is 6.54 Å². The van der Waals surface area contributed by atoms with E-state index in [1.54, 1.807) is 4.68 Å². The Morgan fingerprint density at radius 3 is 2.95 bits per heavy atom. The number of halogens is 1. The number of amides is 1. The van der Waals surface area contributed by atoms with Crippen LogP contribution in [-0.2, 0) is 17.9 Å². The van der Waals surface area contributed by atoms with Crippen LogP contribution in [0.4, 0.5) is 0 Å². The second-order valence-electron chi connectivity index (χ2n) is 5.17. The molecule has 1 aliphatic heterocycles. The van der Waals surface area contributed by atoms with E-state index < -0.39 is 0 Å². The summed E-state index contributed by atoms with van der Waals surface area (Å²) in [6.07, 6.45) is 0.811. The first-order valence-corrected chi connectivity index (χ1v) is 8.06. The van der Waals surface area contributed by atoms with Gasteiger partial charge in [0.15, 0.2) is 5.69 Å². The molecule has 2 heterocycles. The summed E-state index contributed by atoms with van der Waals surface area (Å²) in [5, 5.41) is 10.9. The van der Waals surface area contributed by atoms with E-state index in [1.807, 2.05) is 31.2 Å². The summed E-state index contributed by atoms with van der Waals surface area (Å²) in [7, 11) is 0. The van der Waals surface area contributed by atoms with Gasteiger partial charge in [-0.2, -0.15) is 0 Å². The number of carbonyl (C=O) groups excluding carboxylic acids is 1. The predicted molar refractivity (Wildman–Crippen MR) is 84.3 cm³/mol. The van der Waals surface area contributed by atoms with Crippen LogP contribution in [0, 0.1) is 0 Å². The molecule has 1 aromatic heterocycles. The Kier molecular flexibility index (Phi) is 4.54. The van der Waals surface area contributed by atoms with Crippen molar-refractivity contribution in [1.82, 2.24) is 20.3 Å². The summed E-state index contributed by atoms with van der Waals surface area (Å²) in [5.41, 5.74) is 2.19. The second-order valence-corrected chi connectivity index (χ2v) is 6.09. The van der Waals surface area contributed by atoms with E-state index in [4.69, 9.17) is 4.74 Å². The number of nitrogens with one attached hydrogen (secondary N) is 1. The molecule has 0 bridgehead atoms. The summed E-state index contributed by atoms with van der Waals surface area (Å²) in [6.45, 7) is 3.54. The number of aromatic nitrogens is 3. The summed E-state index contributed by atoms with van der Waals surface area (Å²) >= 11 is 3.42. The molecule has 116 valence electrons. The lowest BCUT2D eigenvalue weighted by Gasteiger charge is -2.24. The van der Waals surface area contributed by atoms with Crippen molar-refractivity contribution < 1.29 is 9.53 Å². The van der Waals surface area contributed by atoms with Crippen molar-refractivity contribution >= 4 is 21.8 Å². The maximum absolute atomic E-state index is 12.0. The molecule has 1 aromatic carbocycles. The van der Waals surface area contributed by atoms with Gasteiger partial charge in [0.25, 0.3) is 5.91 Å². The first-order valence-electron chi connectivity index (χ1n) is 7.26. The lowest BCUT2D eigenvalue weighted by Crippen LogP contribution is -2.28. The van der Waals surface area contributed by atoms with E-state index in [9.17, 15) is 4.79 Å². The first kappa shape index (κ1) is 15.2. The number of benzene rings is 1. The molecule has 1 aliphatic rings. The third kappa shape index (κ3) is 3.05. The third-order valence-electron chi connectivity index (χ3n) is 3.59. The van der Waals surface area contributed by atoms with E-state index in [0.29, 0.717) is 25.4 Å². The van der Waals surface area contributed by atoms with Crippen LogP contribution in [0.3, 0.4) is 0 Å². The molecule has 2 aromatic rings. The molecule has 22 heavy (non-hydrogen) atoms. The molecule has 0 aliphatic carbocycles. The molecule has 0 unspecified atom stereocenters. The van der Waals surface area contributed by atoms with E-state index in [-0.39, 0.29) is 12.0 Å². The van der Waals surface area contributed by atoms with E-state index >= 15 is 0 Å². The first-order chi connectivity index (χ1) is 10.7. The number of ether oxygens (including phenoxy) is 1. The molecule has 1 amide bonds. The van der Waals surface area contributed by atoms with Gasteiger partial charge in [-0.3, -0.25) is 4.79 Å². The maximum Gasteiger partial charge on any atom is 0.273 e. The van der Waals surface area contributed by atoms with Crippen LogP contribution in [0.25, 0.3) is 0 Å². The minimum atomic E-state index is -0.186. The second kappa shape index (κ2) is 6.58. The van der Waals surface area contributed by atoms with Crippen LogP contribution in [0.2, 0.25) is 0 Å². The highest BCUT2D eigenvalue weighted by molar-refractivity contribution is 9.10. The van der Waals surface area contributed by atoms with E-state index in [1.165, 1.54) is 0 Å². The van der Waals surface area contributed by atoms with Crippen LogP contribution in [0.1, 0.15) is 41.2 Å². The largest absolute Gasteiger partial charge is 0.365 e. The van der Waals surface area contributed by atoms with Gasteiger partial charge in [0, 0.05) is 11.0 Å². The number of fused-ring (bicyclic) bond motifs is 1. The lowest BCUT2D eigenvalue weighted by molar-refractivity contribution is -0.00177. The fourth-order valence-electron chi connectivity index (χ4n) is 2.39. The van der Waals surface area contributed by atoms with Crippen molar-refractivity contribution in [2.24, 2.45) is 0 Å². The Morgan fingerprint density at radius 1 is 1.45 bits per heavy atom. The summed E-state index contributed by atoms with van der Waals surface area (Å²) in [6, 6.07) is 8.01. The van der Waals surface area contributed by atoms with Crippen molar-refractivity contribution in [3.8, 4) is 0 Å². The molecule has 1 N–H and O–H groups in total. The van der Waals surface area contributed by atoms with Gasteiger partial charge in [-0.15, -0.1) is 5.10 Å². The Balaban J connectivity index is 1.76. The highest BCUT2D eigenvalue weighted by atomic mass is 79.9. The minimum Gasteiger partial charge on any atom is -0.365 e. The fourth-order valence-corrected chi connectivity index (χ4v) is 2.65. The summed E-state index contributed by atoms with van der Waals surface area (Å²) in [4.78, 5) is 12.0. The molecule has 6 nitrogen and oxygen atoms in total. The van der Waals surface area contributed by atoms with Crippen LogP contribution in [0.15, 0.2) is 28.7 Å². The molecule has 0 fully saturated rings. The molecule has 7 heteroatoms.